The third kappa shape index (κ3) is 4.69. The molecule has 0 N–H and O–H groups in total. The van der Waals surface area contributed by atoms with Gasteiger partial charge in [0.25, 0.3) is 0 Å². The zero-order chi connectivity index (χ0) is 17.4. The number of hydrogen-bond donors (Lipinski definition) is 0. The lowest BCUT2D eigenvalue weighted by Gasteiger charge is -2.07. The number of carbonyl (C=O) groups is 2. The number of hydrogen-bond acceptors (Lipinski definition) is 6. The van der Waals surface area contributed by atoms with E-state index in [0.717, 1.165) is 5.39 Å². The zero-order valence-corrected chi connectivity index (χ0v) is 12.5. The molecule has 0 atom stereocenters. The molecule has 24 heavy (non-hydrogen) atoms. The minimum atomic E-state index is -0.905. The molecule has 0 aliphatic heterocycles. The summed E-state index contributed by atoms with van der Waals surface area (Å²) in [6, 6.07) is 9.85. The topological polar surface area (TPSA) is 71.1 Å². The predicted octanol–water partition coefficient (Wildman–Crippen LogP) is 3.14. The van der Waals surface area contributed by atoms with Gasteiger partial charge in [-0.1, -0.05) is 24.0 Å². The number of carbonyl (C=O) groups excluding carboxylic acids is 2. The molecule has 0 amide bonds. The van der Waals surface area contributed by atoms with Crippen LogP contribution >= 0.6 is 0 Å². The number of benzene rings is 2. The Morgan fingerprint density at radius 2 is 1.25 bits per heavy atom. The van der Waals surface area contributed by atoms with Crippen LogP contribution in [-0.4, -0.2) is 25.5 Å². The van der Waals surface area contributed by atoms with Crippen molar-refractivity contribution >= 4 is 23.1 Å². The Balaban J connectivity index is 2.12. The standard InChI is InChI=1S/C18H12O6/c1-3-9-21-17(19)23-15-7-5-13-6-8-16(12-14(13)11-15)24-18(20)22-10-4-2/h1-2,5-8,11-12H,9-10H2. The molecule has 120 valence electrons. The van der Waals surface area contributed by atoms with Crippen LogP contribution in [0.25, 0.3) is 10.8 Å². The molecular weight excluding hydrogens is 312 g/mol. The van der Waals surface area contributed by atoms with Gasteiger partial charge in [0.05, 0.1) is 0 Å². The fraction of sp³-hybridized carbons (Fsp3) is 0.111. The van der Waals surface area contributed by atoms with Gasteiger partial charge < -0.3 is 18.9 Å². The van der Waals surface area contributed by atoms with Crippen LogP contribution in [0.2, 0.25) is 0 Å². The molecule has 0 radical (unpaired) electrons. The number of fused-ring (bicyclic) bond motifs is 1. The van der Waals surface area contributed by atoms with Crippen LogP contribution in [-0.2, 0) is 9.47 Å². The third-order valence-corrected chi connectivity index (χ3v) is 2.73. The van der Waals surface area contributed by atoms with Gasteiger partial charge in [-0.05, 0) is 35.0 Å². The highest BCUT2D eigenvalue weighted by Gasteiger charge is 2.09. The first-order chi connectivity index (χ1) is 11.6. The van der Waals surface area contributed by atoms with Crippen molar-refractivity contribution in [2.45, 2.75) is 0 Å². The smallest absolute Gasteiger partial charge is 0.421 e. The largest absolute Gasteiger partial charge is 0.514 e. The average Bonchev–Trinajstić information content (AvgIpc) is 2.58. The summed E-state index contributed by atoms with van der Waals surface area (Å²) in [7, 11) is 0. The molecule has 0 bridgehead atoms. The quantitative estimate of drug-likeness (QED) is 0.489. The maximum atomic E-state index is 11.4. The van der Waals surface area contributed by atoms with Crippen molar-refractivity contribution in [3.63, 3.8) is 0 Å². The number of rotatable bonds is 4. The second kappa shape index (κ2) is 8.11. The normalized spacial score (nSPS) is 9.42. The lowest BCUT2D eigenvalue weighted by Crippen LogP contribution is -2.11. The fourth-order valence-corrected chi connectivity index (χ4v) is 1.78. The maximum absolute atomic E-state index is 11.4. The third-order valence-electron chi connectivity index (χ3n) is 2.73. The Kier molecular flexibility index (Phi) is 5.65. The zero-order valence-electron chi connectivity index (χ0n) is 12.5. The van der Waals surface area contributed by atoms with Gasteiger partial charge in [0.15, 0.2) is 13.2 Å². The lowest BCUT2D eigenvalue weighted by molar-refractivity contribution is 0.110. The molecule has 0 saturated heterocycles. The van der Waals surface area contributed by atoms with E-state index in [1.165, 1.54) is 0 Å². The highest BCUT2D eigenvalue weighted by atomic mass is 16.7. The van der Waals surface area contributed by atoms with Crippen LogP contribution in [0.15, 0.2) is 36.4 Å². The second-order valence-corrected chi connectivity index (χ2v) is 4.36. The van der Waals surface area contributed by atoms with Gasteiger partial charge in [0.2, 0.25) is 0 Å². The van der Waals surface area contributed by atoms with Crippen molar-refractivity contribution in [1.82, 2.24) is 0 Å². The molecule has 2 aromatic rings. The Morgan fingerprint density at radius 1 is 0.792 bits per heavy atom. The van der Waals surface area contributed by atoms with E-state index < -0.39 is 12.3 Å². The fourth-order valence-electron chi connectivity index (χ4n) is 1.78. The van der Waals surface area contributed by atoms with E-state index in [9.17, 15) is 9.59 Å². The minimum absolute atomic E-state index is 0.176. The highest BCUT2D eigenvalue weighted by molar-refractivity contribution is 5.86. The molecule has 0 spiro atoms. The average molecular weight is 324 g/mol. The molecule has 0 aromatic heterocycles. The van der Waals surface area contributed by atoms with Crippen LogP contribution in [0.4, 0.5) is 9.59 Å². The molecule has 0 aliphatic rings. The predicted molar refractivity (Wildman–Crippen MR) is 85.6 cm³/mol. The van der Waals surface area contributed by atoms with Crippen LogP contribution in [0, 0.1) is 24.7 Å². The van der Waals surface area contributed by atoms with Gasteiger partial charge in [-0.3, -0.25) is 0 Å². The van der Waals surface area contributed by atoms with Gasteiger partial charge >= 0.3 is 12.3 Å². The lowest BCUT2D eigenvalue weighted by atomic mass is 10.1. The van der Waals surface area contributed by atoms with Gasteiger partial charge in [-0.25, -0.2) is 9.59 Å². The summed E-state index contributed by atoms with van der Waals surface area (Å²) in [5, 5.41) is 1.53. The molecule has 0 unspecified atom stereocenters. The summed E-state index contributed by atoms with van der Waals surface area (Å²) in [6.07, 6.45) is 8.16. The highest BCUT2D eigenvalue weighted by Crippen LogP contribution is 2.25. The summed E-state index contributed by atoms with van der Waals surface area (Å²) in [5.41, 5.74) is 0. The summed E-state index contributed by atoms with van der Waals surface area (Å²) >= 11 is 0. The number of terminal acetylenes is 2. The minimum Gasteiger partial charge on any atom is -0.421 e. The molecule has 0 aliphatic carbocycles. The summed E-state index contributed by atoms with van der Waals surface area (Å²) in [4.78, 5) is 22.8. The van der Waals surface area contributed by atoms with Crippen LogP contribution in [0.3, 0.4) is 0 Å². The van der Waals surface area contributed by atoms with E-state index in [-0.39, 0.29) is 24.7 Å². The molecule has 0 fully saturated rings. The van der Waals surface area contributed by atoms with Crippen molar-refractivity contribution in [2.24, 2.45) is 0 Å². The van der Waals surface area contributed by atoms with E-state index in [1.807, 2.05) is 0 Å². The van der Waals surface area contributed by atoms with Crippen molar-refractivity contribution in [1.29, 1.82) is 0 Å². The SMILES string of the molecule is C#CCOC(=O)Oc1ccc2ccc(OC(=O)OCC#C)cc2c1. The molecule has 0 saturated carbocycles. The summed E-state index contributed by atoms with van der Waals surface area (Å²) < 4.78 is 19.2. The molecule has 6 heteroatoms. The molecule has 6 nitrogen and oxygen atoms in total. The summed E-state index contributed by atoms with van der Waals surface area (Å²) in [6.45, 7) is -0.353. The number of ether oxygens (including phenoxy) is 4. The van der Waals surface area contributed by atoms with Crippen LogP contribution in [0.5, 0.6) is 11.5 Å². The van der Waals surface area contributed by atoms with Crippen molar-refractivity contribution in [2.75, 3.05) is 13.2 Å². The van der Waals surface area contributed by atoms with Crippen molar-refractivity contribution < 1.29 is 28.5 Å². The van der Waals surface area contributed by atoms with Gasteiger partial charge in [0.1, 0.15) is 11.5 Å². The van der Waals surface area contributed by atoms with E-state index in [0.29, 0.717) is 5.39 Å². The molecule has 2 rings (SSSR count). The molecular formula is C18H12O6. The van der Waals surface area contributed by atoms with Crippen molar-refractivity contribution in [3.05, 3.63) is 36.4 Å². The first-order valence-electron chi connectivity index (χ1n) is 6.72. The molecule has 0 heterocycles. The van der Waals surface area contributed by atoms with E-state index >= 15 is 0 Å². The van der Waals surface area contributed by atoms with E-state index in [2.05, 4.69) is 21.3 Å². The van der Waals surface area contributed by atoms with Crippen LogP contribution in [0.1, 0.15) is 0 Å². The van der Waals surface area contributed by atoms with E-state index in [1.54, 1.807) is 36.4 Å². The van der Waals surface area contributed by atoms with Crippen molar-refractivity contribution in [3.8, 4) is 36.2 Å². The Hall–Kier alpha value is -3.64. The Labute approximate surface area is 138 Å². The van der Waals surface area contributed by atoms with Crippen LogP contribution < -0.4 is 9.47 Å². The van der Waals surface area contributed by atoms with E-state index in [4.69, 9.17) is 22.3 Å². The Morgan fingerprint density at radius 3 is 1.67 bits per heavy atom. The maximum Gasteiger partial charge on any atom is 0.514 e. The Bertz CT molecular complexity index is 774. The second-order valence-electron chi connectivity index (χ2n) is 4.36. The summed E-state index contributed by atoms with van der Waals surface area (Å²) in [5.74, 6) is 4.84. The van der Waals surface area contributed by atoms with Gasteiger partial charge in [0, 0.05) is 0 Å². The van der Waals surface area contributed by atoms with Gasteiger partial charge in [-0.15, -0.1) is 12.8 Å². The first-order valence-corrected chi connectivity index (χ1v) is 6.72. The van der Waals surface area contributed by atoms with Gasteiger partial charge in [-0.2, -0.15) is 0 Å². The monoisotopic (exact) mass is 324 g/mol. The molecule has 2 aromatic carbocycles. The first kappa shape index (κ1) is 16.7.